The third-order valence-electron chi connectivity index (χ3n) is 1.70. The van der Waals surface area contributed by atoms with Gasteiger partial charge in [-0.2, -0.15) is 5.10 Å². The van der Waals surface area contributed by atoms with Crippen molar-refractivity contribution in [1.82, 2.24) is 8.81 Å². The molecular weight excluding hydrogens is 235 g/mol. The average molecular weight is 241 g/mol. The summed E-state index contributed by atoms with van der Waals surface area (Å²) in [6.45, 7) is 0. The maximum atomic E-state index is 12.6. The van der Waals surface area contributed by atoms with Crippen LogP contribution in [0.5, 0.6) is 0 Å². The summed E-state index contributed by atoms with van der Waals surface area (Å²) in [7, 11) is 0. The van der Waals surface area contributed by atoms with E-state index in [4.69, 9.17) is 0 Å². The Morgan fingerprint density at radius 3 is 2.38 bits per heavy atom. The first-order valence-corrected chi connectivity index (χ1v) is 4.44. The molecule has 0 aliphatic rings. The van der Waals surface area contributed by atoms with Crippen molar-refractivity contribution in [3.8, 4) is 11.3 Å². The molecule has 2 nitrogen and oxygen atoms in total. The van der Waals surface area contributed by atoms with Crippen LogP contribution in [0.1, 0.15) is 0 Å². The van der Waals surface area contributed by atoms with Gasteiger partial charge in [0.1, 0.15) is 5.82 Å². The van der Waals surface area contributed by atoms with Gasteiger partial charge >= 0.3 is 0 Å². The number of hydrogen-bond acceptors (Lipinski definition) is 1. The Bertz CT molecular complexity index is 408. The van der Waals surface area contributed by atoms with Crippen LogP contribution in [-0.4, -0.2) is 8.81 Å². The number of nitrogens with zero attached hydrogens (tertiary/aromatic N) is 2. The maximum Gasteiger partial charge on any atom is 0.123 e. The van der Waals surface area contributed by atoms with E-state index in [1.54, 1.807) is 18.3 Å². The van der Waals surface area contributed by atoms with Gasteiger partial charge in [-0.15, -0.1) is 0 Å². The van der Waals surface area contributed by atoms with Crippen molar-refractivity contribution in [2.75, 3.05) is 0 Å². The molecule has 0 radical (unpaired) electrons. The van der Waals surface area contributed by atoms with E-state index in [1.165, 1.54) is 15.8 Å². The maximum absolute atomic E-state index is 12.6. The Labute approximate surface area is 83.3 Å². The minimum atomic E-state index is -0.234. The van der Waals surface area contributed by atoms with E-state index >= 15 is 0 Å². The average Bonchev–Trinajstić information content (AvgIpc) is 2.53. The largest absolute Gasteiger partial charge is 0.207 e. The second kappa shape index (κ2) is 3.30. The molecule has 0 N–H and O–H groups in total. The highest BCUT2D eigenvalue weighted by Crippen LogP contribution is 2.17. The summed E-state index contributed by atoms with van der Waals surface area (Å²) >= 11 is 3.18. The lowest BCUT2D eigenvalue weighted by Crippen LogP contribution is -1.81. The molecule has 0 saturated heterocycles. The van der Waals surface area contributed by atoms with Crippen LogP contribution >= 0.6 is 16.1 Å². The van der Waals surface area contributed by atoms with Gasteiger partial charge in [0.25, 0.3) is 0 Å². The number of benzene rings is 1. The SMILES string of the molecule is Fc1ccc(-c2ccn(Br)n2)cc1. The lowest BCUT2D eigenvalue weighted by atomic mass is 10.1. The Kier molecular flexibility index (Phi) is 2.14. The van der Waals surface area contributed by atoms with Gasteiger partial charge in [-0.1, -0.05) is 0 Å². The third-order valence-corrected chi connectivity index (χ3v) is 2.09. The summed E-state index contributed by atoms with van der Waals surface area (Å²) in [5.41, 5.74) is 1.72. The third kappa shape index (κ3) is 1.78. The lowest BCUT2D eigenvalue weighted by molar-refractivity contribution is 0.628. The van der Waals surface area contributed by atoms with Crippen LogP contribution in [0.4, 0.5) is 4.39 Å². The zero-order valence-corrected chi connectivity index (χ0v) is 8.20. The van der Waals surface area contributed by atoms with E-state index in [1.807, 2.05) is 6.07 Å². The molecule has 2 rings (SSSR count). The van der Waals surface area contributed by atoms with Crippen LogP contribution in [0.25, 0.3) is 11.3 Å². The summed E-state index contributed by atoms with van der Waals surface area (Å²) in [5.74, 6) is -0.234. The predicted octanol–water partition coefficient (Wildman–Crippen LogP) is 2.85. The fraction of sp³-hybridized carbons (Fsp3) is 0. The van der Waals surface area contributed by atoms with E-state index < -0.39 is 0 Å². The quantitative estimate of drug-likeness (QED) is 0.750. The van der Waals surface area contributed by atoms with Gasteiger partial charge in [0.2, 0.25) is 0 Å². The van der Waals surface area contributed by atoms with Crippen molar-refractivity contribution in [3.05, 3.63) is 42.3 Å². The molecule has 0 amide bonds. The van der Waals surface area contributed by atoms with Crippen LogP contribution in [0.15, 0.2) is 36.5 Å². The molecule has 0 spiro atoms. The van der Waals surface area contributed by atoms with Crippen LogP contribution in [0.3, 0.4) is 0 Å². The highest BCUT2D eigenvalue weighted by Gasteiger charge is 2.00. The van der Waals surface area contributed by atoms with Crippen molar-refractivity contribution in [2.24, 2.45) is 0 Å². The summed E-state index contributed by atoms with van der Waals surface area (Å²) in [6, 6.07) is 8.09. The van der Waals surface area contributed by atoms with Crippen molar-refractivity contribution in [3.63, 3.8) is 0 Å². The van der Waals surface area contributed by atoms with Crippen LogP contribution in [0, 0.1) is 5.82 Å². The smallest absolute Gasteiger partial charge is 0.123 e. The highest BCUT2D eigenvalue weighted by molar-refractivity contribution is 9.08. The molecule has 1 heterocycles. The van der Waals surface area contributed by atoms with E-state index in [0.29, 0.717) is 0 Å². The highest BCUT2D eigenvalue weighted by atomic mass is 79.9. The molecule has 0 atom stereocenters. The molecule has 0 aliphatic heterocycles. The first-order chi connectivity index (χ1) is 6.25. The van der Waals surface area contributed by atoms with E-state index in [-0.39, 0.29) is 5.82 Å². The van der Waals surface area contributed by atoms with Crippen molar-refractivity contribution >= 4 is 16.1 Å². The van der Waals surface area contributed by atoms with Gasteiger partial charge in [0, 0.05) is 11.8 Å². The number of rotatable bonds is 1. The molecule has 0 aliphatic carbocycles. The fourth-order valence-electron chi connectivity index (χ4n) is 1.08. The Hall–Kier alpha value is -1.16. The van der Waals surface area contributed by atoms with Crippen LogP contribution in [-0.2, 0) is 0 Å². The molecule has 0 saturated carbocycles. The second-order valence-corrected chi connectivity index (χ2v) is 3.32. The predicted molar refractivity (Wildman–Crippen MR) is 51.9 cm³/mol. The van der Waals surface area contributed by atoms with Crippen LogP contribution < -0.4 is 0 Å². The van der Waals surface area contributed by atoms with Gasteiger partial charge in [-0.3, -0.25) is 0 Å². The molecule has 4 heteroatoms. The monoisotopic (exact) mass is 240 g/mol. The molecule has 0 unspecified atom stereocenters. The molecular formula is C9H6BrFN2. The normalized spacial score (nSPS) is 10.3. The van der Waals surface area contributed by atoms with Crippen molar-refractivity contribution in [2.45, 2.75) is 0 Å². The zero-order chi connectivity index (χ0) is 9.26. The van der Waals surface area contributed by atoms with Gasteiger partial charge in [0.05, 0.1) is 21.8 Å². The fourth-order valence-corrected chi connectivity index (χ4v) is 1.37. The second-order valence-electron chi connectivity index (χ2n) is 2.60. The minimum absolute atomic E-state index is 0.234. The standard InChI is InChI=1S/C9H6BrFN2/c10-13-6-5-9(12-13)7-1-3-8(11)4-2-7/h1-6H. The van der Waals surface area contributed by atoms with Gasteiger partial charge < -0.3 is 0 Å². The Balaban J connectivity index is 2.41. The van der Waals surface area contributed by atoms with Crippen LogP contribution in [0.2, 0.25) is 0 Å². The zero-order valence-electron chi connectivity index (χ0n) is 6.61. The minimum Gasteiger partial charge on any atom is -0.207 e. The van der Waals surface area contributed by atoms with Gasteiger partial charge in [-0.05, 0) is 30.3 Å². The topological polar surface area (TPSA) is 17.8 Å². The molecule has 0 fully saturated rings. The van der Waals surface area contributed by atoms with E-state index in [2.05, 4.69) is 21.2 Å². The molecule has 1 aromatic carbocycles. The van der Waals surface area contributed by atoms with Crippen molar-refractivity contribution < 1.29 is 4.39 Å². The number of hydrogen-bond donors (Lipinski definition) is 0. The Morgan fingerprint density at radius 1 is 1.15 bits per heavy atom. The summed E-state index contributed by atoms with van der Waals surface area (Å²) in [4.78, 5) is 0. The lowest BCUT2D eigenvalue weighted by Gasteiger charge is -1.94. The molecule has 2 aromatic rings. The first-order valence-electron chi connectivity index (χ1n) is 3.73. The Morgan fingerprint density at radius 2 is 1.85 bits per heavy atom. The van der Waals surface area contributed by atoms with Gasteiger partial charge in [0.15, 0.2) is 0 Å². The molecule has 0 bridgehead atoms. The first kappa shape index (κ1) is 8.44. The number of aromatic nitrogens is 2. The molecule has 1 aromatic heterocycles. The molecule has 66 valence electrons. The summed E-state index contributed by atoms with van der Waals surface area (Å²) in [6.07, 6.45) is 1.78. The van der Waals surface area contributed by atoms with Crippen molar-refractivity contribution in [1.29, 1.82) is 0 Å². The van der Waals surface area contributed by atoms with E-state index in [0.717, 1.165) is 11.3 Å². The van der Waals surface area contributed by atoms with E-state index in [9.17, 15) is 4.39 Å². The summed E-state index contributed by atoms with van der Waals surface area (Å²) in [5, 5.41) is 4.12. The molecule has 13 heavy (non-hydrogen) atoms. The van der Waals surface area contributed by atoms with Gasteiger partial charge in [-0.25, -0.2) is 8.10 Å². The summed E-state index contributed by atoms with van der Waals surface area (Å²) < 4.78 is 14.1. The number of halogens is 2.